The molecule has 0 aliphatic heterocycles. The van der Waals surface area contributed by atoms with E-state index in [0.717, 1.165) is 11.4 Å². The fourth-order valence-corrected chi connectivity index (χ4v) is 2.19. The van der Waals surface area contributed by atoms with Crippen molar-refractivity contribution in [1.29, 1.82) is 0 Å². The zero-order chi connectivity index (χ0) is 18.4. The molecule has 0 unspecified atom stereocenters. The quantitative estimate of drug-likeness (QED) is 0.396. The first-order valence-corrected chi connectivity index (χ1v) is 7.80. The Labute approximate surface area is 150 Å². The molecule has 0 fully saturated rings. The molecule has 2 aromatic carbocycles. The number of hydrogen-bond donors (Lipinski definition) is 4. The number of anilines is 5. The topological polar surface area (TPSA) is 114 Å². The zero-order valence-corrected chi connectivity index (χ0v) is 14.1. The third-order valence-electron chi connectivity index (χ3n) is 3.55. The van der Waals surface area contributed by atoms with Crippen LogP contribution in [0.2, 0.25) is 0 Å². The van der Waals surface area contributed by atoms with E-state index in [1.807, 2.05) is 30.3 Å². The molecule has 3 rings (SSSR count). The SMILES string of the molecule is COC(=O)c1ccc(Nc2ncnc(NNc3ccccc3)c2N)cc1. The Morgan fingerprint density at radius 1 is 0.923 bits per heavy atom. The number of nitrogens with one attached hydrogen (secondary N) is 3. The molecule has 5 N–H and O–H groups in total. The number of methoxy groups -OCH3 is 1. The van der Waals surface area contributed by atoms with E-state index in [9.17, 15) is 4.79 Å². The first-order valence-electron chi connectivity index (χ1n) is 7.80. The van der Waals surface area contributed by atoms with Crippen LogP contribution in [-0.4, -0.2) is 23.0 Å². The maximum Gasteiger partial charge on any atom is 0.337 e. The van der Waals surface area contributed by atoms with Crippen LogP contribution in [0.5, 0.6) is 0 Å². The van der Waals surface area contributed by atoms with Crippen molar-refractivity contribution in [3.8, 4) is 0 Å². The molecule has 1 heterocycles. The Morgan fingerprint density at radius 3 is 2.31 bits per heavy atom. The third-order valence-corrected chi connectivity index (χ3v) is 3.55. The summed E-state index contributed by atoms with van der Waals surface area (Å²) >= 11 is 0. The number of rotatable bonds is 6. The number of carbonyl (C=O) groups excluding carboxylic acids is 1. The summed E-state index contributed by atoms with van der Waals surface area (Å²) in [7, 11) is 1.34. The van der Waals surface area contributed by atoms with Gasteiger partial charge in [0.05, 0.1) is 18.4 Å². The summed E-state index contributed by atoms with van der Waals surface area (Å²) in [6, 6.07) is 16.4. The Kier molecular flexibility index (Phi) is 5.14. The summed E-state index contributed by atoms with van der Waals surface area (Å²) < 4.78 is 4.68. The first-order chi connectivity index (χ1) is 12.7. The average Bonchev–Trinajstić information content (AvgIpc) is 2.69. The molecule has 0 amide bonds. The highest BCUT2D eigenvalue weighted by Crippen LogP contribution is 2.26. The van der Waals surface area contributed by atoms with Crippen LogP contribution in [0.3, 0.4) is 0 Å². The van der Waals surface area contributed by atoms with Crippen molar-refractivity contribution in [2.24, 2.45) is 0 Å². The maximum atomic E-state index is 11.5. The van der Waals surface area contributed by atoms with Gasteiger partial charge in [-0.15, -0.1) is 0 Å². The average molecular weight is 350 g/mol. The molecule has 8 heteroatoms. The number of carbonyl (C=O) groups is 1. The number of benzene rings is 2. The van der Waals surface area contributed by atoms with Crippen LogP contribution in [0, 0.1) is 0 Å². The lowest BCUT2D eigenvalue weighted by Gasteiger charge is -2.14. The minimum Gasteiger partial charge on any atom is -0.465 e. The van der Waals surface area contributed by atoms with E-state index in [0.29, 0.717) is 22.9 Å². The smallest absolute Gasteiger partial charge is 0.337 e. The van der Waals surface area contributed by atoms with Gasteiger partial charge in [0.15, 0.2) is 11.6 Å². The predicted molar refractivity (Wildman–Crippen MR) is 101 cm³/mol. The largest absolute Gasteiger partial charge is 0.465 e. The monoisotopic (exact) mass is 350 g/mol. The Bertz CT molecular complexity index is 884. The summed E-state index contributed by atoms with van der Waals surface area (Å²) in [5, 5.41) is 3.10. The number of aromatic nitrogens is 2. The van der Waals surface area contributed by atoms with Crippen molar-refractivity contribution in [2.75, 3.05) is 29.0 Å². The highest BCUT2D eigenvalue weighted by molar-refractivity contribution is 5.90. The summed E-state index contributed by atoms with van der Waals surface area (Å²) in [6.07, 6.45) is 1.40. The third kappa shape index (κ3) is 3.99. The predicted octanol–water partition coefficient (Wildman–Crippen LogP) is 3.03. The molecular weight excluding hydrogens is 332 g/mol. The molecule has 0 saturated carbocycles. The van der Waals surface area contributed by atoms with Crippen molar-refractivity contribution in [3.63, 3.8) is 0 Å². The lowest BCUT2D eigenvalue weighted by molar-refractivity contribution is 0.0601. The Hall–Kier alpha value is -3.81. The molecule has 26 heavy (non-hydrogen) atoms. The molecule has 132 valence electrons. The first kappa shape index (κ1) is 17.0. The number of nitrogen functional groups attached to an aromatic ring is 1. The second kappa shape index (κ2) is 7.84. The van der Waals surface area contributed by atoms with Gasteiger partial charge in [-0.2, -0.15) is 0 Å². The number of nitrogens with zero attached hydrogens (tertiary/aromatic N) is 2. The molecule has 0 aliphatic rings. The zero-order valence-electron chi connectivity index (χ0n) is 14.1. The van der Waals surface area contributed by atoms with E-state index >= 15 is 0 Å². The molecule has 0 atom stereocenters. The van der Waals surface area contributed by atoms with Crippen LogP contribution in [-0.2, 0) is 4.74 Å². The van der Waals surface area contributed by atoms with Gasteiger partial charge in [-0.05, 0) is 36.4 Å². The van der Waals surface area contributed by atoms with Crippen molar-refractivity contribution in [1.82, 2.24) is 9.97 Å². The van der Waals surface area contributed by atoms with E-state index in [2.05, 4.69) is 30.9 Å². The second-order valence-electron chi connectivity index (χ2n) is 5.29. The van der Waals surface area contributed by atoms with Gasteiger partial charge in [-0.3, -0.25) is 10.9 Å². The van der Waals surface area contributed by atoms with Crippen LogP contribution in [0.25, 0.3) is 0 Å². The van der Waals surface area contributed by atoms with Crippen LogP contribution in [0.1, 0.15) is 10.4 Å². The molecule has 1 aromatic heterocycles. The summed E-state index contributed by atoms with van der Waals surface area (Å²) in [4.78, 5) is 19.8. The number of ether oxygens (including phenoxy) is 1. The fourth-order valence-electron chi connectivity index (χ4n) is 2.19. The minimum atomic E-state index is -0.392. The minimum absolute atomic E-state index is 0.355. The molecule has 0 spiro atoms. The van der Waals surface area contributed by atoms with Gasteiger partial charge in [0.1, 0.15) is 12.0 Å². The van der Waals surface area contributed by atoms with Gasteiger partial charge in [0.25, 0.3) is 0 Å². The van der Waals surface area contributed by atoms with Gasteiger partial charge >= 0.3 is 5.97 Å². The number of para-hydroxylation sites is 1. The van der Waals surface area contributed by atoms with Gasteiger partial charge in [-0.1, -0.05) is 18.2 Å². The standard InChI is InChI=1S/C18H18N6O2/c1-26-18(25)12-7-9-13(10-8-12)22-16-15(19)17(21-11-20-16)24-23-14-5-3-2-4-6-14/h2-11,23H,19H2,1H3,(H2,20,21,22,24). The lowest BCUT2D eigenvalue weighted by Crippen LogP contribution is -2.13. The summed E-state index contributed by atoms with van der Waals surface area (Å²) in [6.45, 7) is 0. The fraction of sp³-hybridized carbons (Fsp3) is 0.0556. The van der Waals surface area contributed by atoms with Crippen LogP contribution >= 0.6 is 0 Å². The number of hydrogen-bond acceptors (Lipinski definition) is 8. The Morgan fingerprint density at radius 2 is 1.62 bits per heavy atom. The lowest BCUT2D eigenvalue weighted by atomic mass is 10.2. The molecular formula is C18H18N6O2. The van der Waals surface area contributed by atoms with Gasteiger partial charge < -0.3 is 15.8 Å². The van der Waals surface area contributed by atoms with E-state index in [1.54, 1.807) is 24.3 Å². The maximum absolute atomic E-state index is 11.5. The van der Waals surface area contributed by atoms with Crippen molar-refractivity contribution in [2.45, 2.75) is 0 Å². The highest BCUT2D eigenvalue weighted by Gasteiger charge is 2.09. The number of esters is 1. The van der Waals surface area contributed by atoms with Crippen LogP contribution in [0.15, 0.2) is 60.9 Å². The summed E-state index contributed by atoms with van der Waals surface area (Å²) in [5.74, 6) is 0.497. The van der Waals surface area contributed by atoms with E-state index in [1.165, 1.54) is 13.4 Å². The molecule has 0 aliphatic carbocycles. The Balaban J connectivity index is 1.71. The second-order valence-corrected chi connectivity index (χ2v) is 5.29. The summed E-state index contributed by atoms with van der Waals surface area (Å²) in [5.41, 5.74) is 14.5. The van der Waals surface area contributed by atoms with Crippen LogP contribution < -0.4 is 21.9 Å². The highest BCUT2D eigenvalue weighted by atomic mass is 16.5. The van der Waals surface area contributed by atoms with Crippen molar-refractivity contribution in [3.05, 3.63) is 66.5 Å². The van der Waals surface area contributed by atoms with E-state index in [-0.39, 0.29) is 0 Å². The normalized spacial score (nSPS) is 10.0. The molecule has 0 bridgehead atoms. The molecule has 0 saturated heterocycles. The molecule has 8 nitrogen and oxygen atoms in total. The van der Waals surface area contributed by atoms with E-state index < -0.39 is 5.97 Å². The number of nitrogens with two attached hydrogens (primary N) is 1. The number of hydrazine groups is 1. The van der Waals surface area contributed by atoms with Gasteiger partial charge in [0.2, 0.25) is 0 Å². The van der Waals surface area contributed by atoms with Crippen LogP contribution in [0.4, 0.5) is 28.7 Å². The van der Waals surface area contributed by atoms with Gasteiger partial charge in [0, 0.05) is 5.69 Å². The van der Waals surface area contributed by atoms with Crippen molar-refractivity contribution < 1.29 is 9.53 Å². The van der Waals surface area contributed by atoms with Crippen molar-refractivity contribution >= 4 is 34.7 Å². The molecule has 0 radical (unpaired) electrons. The molecule has 3 aromatic rings. The van der Waals surface area contributed by atoms with E-state index in [4.69, 9.17) is 5.73 Å². The van der Waals surface area contributed by atoms with Gasteiger partial charge in [-0.25, -0.2) is 14.8 Å².